The summed E-state index contributed by atoms with van der Waals surface area (Å²) >= 11 is 0. The fourth-order valence-corrected chi connectivity index (χ4v) is 4.52. The first kappa shape index (κ1) is 23.6. The molecule has 34 heavy (non-hydrogen) atoms. The van der Waals surface area contributed by atoms with Crippen molar-refractivity contribution in [2.75, 3.05) is 12.4 Å². The van der Waals surface area contributed by atoms with Crippen LogP contribution in [0.5, 0.6) is 5.75 Å². The molecule has 0 saturated heterocycles. The Hall–Kier alpha value is -3.56. The summed E-state index contributed by atoms with van der Waals surface area (Å²) in [6, 6.07) is 17.8. The van der Waals surface area contributed by atoms with Crippen LogP contribution in [0.25, 0.3) is 11.0 Å². The molecule has 3 aromatic carbocycles. The van der Waals surface area contributed by atoms with E-state index < -0.39 is 15.8 Å². The van der Waals surface area contributed by atoms with Crippen molar-refractivity contribution in [2.24, 2.45) is 0 Å². The molecule has 4 aromatic rings. The Morgan fingerprint density at radius 2 is 1.68 bits per heavy atom. The largest absolute Gasteiger partial charge is 0.497 e. The zero-order valence-corrected chi connectivity index (χ0v) is 19.7. The minimum Gasteiger partial charge on any atom is -0.497 e. The molecule has 2 N–H and O–H groups in total. The second-order valence-electron chi connectivity index (χ2n) is 7.68. The molecule has 1 heterocycles. The van der Waals surface area contributed by atoms with E-state index in [-0.39, 0.29) is 11.4 Å². The van der Waals surface area contributed by atoms with Crippen molar-refractivity contribution in [3.8, 4) is 5.75 Å². The molecule has 0 aliphatic heterocycles. The van der Waals surface area contributed by atoms with Crippen LogP contribution in [-0.2, 0) is 23.0 Å². The predicted molar refractivity (Wildman–Crippen MR) is 130 cm³/mol. The van der Waals surface area contributed by atoms with E-state index in [1.165, 1.54) is 12.1 Å². The molecule has 7 nitrogen and oxygen atoms in total. The van der Waals surface area contributed by atoms with Gasteiger partial charge in [-0.2, -0.15) is 0 Å². The molecule has 176 valence electrons. The lowest BCUT2D eigenvalue weighted by Crippen LogP contribution is -2.24. The molecule has 0 aliphatic rings. The Bertz CT molecular complexity index is 1410. The smallest absolute Gasteiger partial charge is 0.240 e. The van der Waals surface area contributed by atoms with Gasteiger partial charge in [-0.25, -0.2) is 27.5 Å². The van der Waals surface area contributed by atoms with Gasteiger partial charge in [0.05, 0.1) is 35.3 Å². The molecule has 0 atom stereocenters. The summed E-state index contributed by atoms with van der Waals surface area (Å²) in [5, 5.41) is 3.34. The van der Waals surface area contributed by atoms with Crippen molar-refractivity contribution in [3.05, 3.63) is 83.8 Å². The van der Waals surface area contributed by atoms with E-state index in [1.807, 2.05) is 42.5 Å². The third kappa shape index (κ3) is 5.32. The fraction of sp³-hybridized carbons (Fsp3) is 0.200. The van der Waals surface area contributed by atoms with Crippen LogP contribution in [0.15, 0.2) is 71.6 Å². The molecule has 0 saturated carbocycles. The van der Waals surface area contributed by atoms with Crippen LogP contribution >= 0.6 is 0 Å². The minimum atomic E-state index is -3.88. The number of aromatic nitrogens is 2. The Morgan fingerprint density at radius 3 is 2.35 bits per heavy atom. The molecule has 0 radical (unpaired) electrons. The van der Waals surface area contributed by atoms with Gasteiger partial charge in [-0.15, -0.1) is 0 Å². The summed E-state index contributed by atoms with van der Waals surface area (Å²) in [6.07, 6.45) is 1.80. The highest BCUT2D eigenvalue weighted by molar-refractivity contribution is 7.89. The van der Waals surface area contributed by atoms with Crippen LogP contribution in [-0.4, -0.2) is 25.5 Å². The summed E-state index contributed by atoms with van der Waals surface area (Å²) < 4.78 is 46.7. The molecule has 0 amide bonds. The van der Waals surface area contributed by atoms with E-state index in [9.17, 15) is 12.8 Å². The number of benzene rings is 3. The Labute approximate surface area is 198 Å². The molecule has 0 bridgehead atoms. The van der Waals surface area contributed by atoms with Crippen molar-refractivity contribution < 1.29 is 17.5 Å². The third-order valence-corrected chi connectivity index (χ3v) is 6.70. The maximum atomic E-state index is 13.2. The second kappa shape index (κ2) is 10.1. The van der Waals surface area contributed by atoms with E-state index in [2.05, 4.69) is 21.9 Å². The monoisotopic (exact) mass is 480 g/mol. The number of fused-ring (bicyclic) bond motifs is 1. The number of hydrogen-bond acceptors (Lipinski definition) is 6. The number of anilines is 2. The molecule has 9 heteroatoms. The van der Waals surface area contributed by atoms with Gasteiger partial charge in [0.2, 0.25) is 10.0 Å². The number of aryl methyl sites for hydroxylation is 1. The van der Waals surface area contributed by atoms with Gasteiger partial charge in [-0.1, -0.05) is 31.5 Å². The lowest BCUT2D eigenvalue weighted by molar-refractivity contribution is 0.415. The summed E-state index contributed by atoms with van der Waals surface area (Å²) in [7, 11) is -2.28. The zero-order chi connectivity index (χ0) is 24.1. The standard InChI is InChI=1S/C25H25FN4O3S/c1-3-6-17-9-12-19(33-2)15-23(17)30-25-24(28-21-7-4-5-8-22(21)29-25)16-27-34(31,32)20-13-10-18(26)11-14-20/h4-5,7-15,27H,3,6,16H2,1-2H3,(H,29,30). The first-order chi connectivity index (χ1) is 16.4. The number of halogens is 1. The van der Waals surface area contributed by atoms with E-state index in [0.29, 0.717) is 28.3 Å². The fourth-order valence-electron chi connectivity index (χ4n) is 3.53. The van der Waals surface area contributed by atoms with Gasteiger partial charge >= 0.3 is 0 Å². The average Bonchev–Trinajstić information content (AvgIpc) is 2.84. The average molecular weight is 481 g/mol. The first-order valence-corrected chi connectivity index (χ1v) is 12.3. The number of sulfonamides is 1. The van der Waals surface area contributed by atoms with Gasteiger partial charge in [0, 0.05) is 11.8 Å². The van der Waals surface area contributed by atoms with Crippen molar-refractivity contribution in [2.45, 2.75) is 31.2 Å². The number of nitrogens with one attached hydrogen (secondary N) is 2. The Morgan fingerprint density at radius 1 is 0.971 bits per heavy atom. The molecular weight excluding hydrogens is 455 g/mol. The third-order valence-electron chi connectivity index (χ3n) is 5.29. The topological polar surface area (TPSA) is 93.2 Å². The van der Waals surface area contributed by atoms with Gasteiger partial charge in [0.1, 0.15) is 11.6 Å². The number of rotatable bonds is 9. The van der Waals surface area contributed by atoms with Gasteiger partial charge in [0.25, 0.3) is 0 Å². The molecule has 1 aromatic heterocycles. The van der Waals surface area contributed by atoms with E-state index in [1.54, 1.807) is 7.11 Å². The van der Waals surface area contributed by atoms with Crippen molar-refractivity contribution in [3.63, 3.8) is 0 Å². The number of nitrogens with zero attached hydrogens (tertiary/aromatic N) is 2. The number of hydrogen-bond donors (Lipinski definition) is 2. The molecule has 0 aliphatic carbocycles. The molecule has 0 fully saturated rings. The van der Waals surface area contributed by atoms with Gasteiger partial charge in [-0.05, 0) is 54.4 Å². The van der Waals surface area contributed by atoms with E-state index in [0.717, 1.165) is 36.2 Å². The Kier molecular flexibility index (Phi) is 7.04. The van der Waals surface area contributed by atoms with Crippen LogP contribution in [0.1, 0.15) is 24.6 Å². The summed E-state index contributed by atoms with van der Waals surface area (Å²) in [6.45, 7) is 1.99. The molecule has 4 rings (SSSR count). The summed E-state index contributed by atoms with van der Waals surface area (Å²) in [4.78, 5) is 9.34. The maximum Gasteiger partial charge on any atom is 0.240 e. The quantitative estimate of drug-likeness (QED) is 0.352. The highest BCUT2D eigenvalue weighted by atomic mass is 32.2. The van der Waals surface area contributed by atoms with Gasteiger partial charge in [0.15, 0.2) is 5.82 Å². The van der Waals surface area contributed by atoms with Crippen LogP contribution in [0.3, 0.4) is 0 Å². The van der Waals surface area contributed by atoms with Crippen molar-refractivity contribution in [1.29, 1.82) is 0 Å². The van der Waals surface area contributed by atoms with Gasteiger partial charge < -0.3 is 10.1 Å². The van der Waals surface area contributed by atoms with Crippen molar-refractivity contribution >= 4 is 32.6 Å². The maximum absolute atomic E-state index is 13.2. The number of ether oxygens (including phenoxy) is 1. The highest BCUT2D eigenvalue weighted by Crippen LogP contribution is 2.28. The molecule has 0 spiro atoms. The predicted octanol–water partition coefficient (Wildman–Crippen LogP) is 4.95. The first-order valence-electron chi connectivity index (χ1n) is 10.8. The molecule has 0 unspecified atom stereocenters. The van der Waals surface area contributed by atoms with Crippen molar-refractivity contribution in [1.82, 2.24) is 14.7 Å². The minimum absolute atomic E-state index is 0.0322. The highest BCUT2D eigenvalue weighted by Gasteiger charge is 2.17. The lowest BCUT2D eigenvalue weighted by atomic mass is 10.1. The van der Waals surface area contributed by atoms with E-state index in [4.69, 9.17) is 9.72 Å². The Balaban J connectivity index is 1.70. The van der Waals surface area contributed by atoms with Gasteiger partial charge in [-0.3, -0.25) is 0 Å². The van der Waals surface area contributed by atoms with Crippen LogP contribution in [0, 0.1) is 5.82 Å². The van der Waals surface area contributed by atoms with Crippen LogP contribution < -0.4 is 14.8 Å². The number of para-hydroxylation sites is 2. The van der Waals surface area contributed by atoms with Crippen LogP contribution in [0.4, 0.5) is 15.9 Å². The molecular formula is C25H25FN4O3S. The lowest BCUT2D eigenvalue weighted by Gasteiger charge is -2.16. The zero-order valence-electron chi connectivity index (χ0n) is 18.9. The number of methoxy groups -OCH3 is 1. The normalized spacial score (nSPS) is 11.5. The summed E-state index contributed by atoms with van der Waals surface area (Å²) in [5.41, 5.74) is 3.64. The SMILES string of the molecule is CCCc1ccc(OC)cc1Nc1nc2ccccc2nc1CNS(=O)(=O)c1ccc(F)cc1. The second-order valence-corrected chi connectivity index (χ2v) is 9.45. The summed E-state index contributed by atoms with van der Waals surface area (Å²) in [5.74, 6) is 0.618. The van der Waals surface area contributed by atoms with E-state index >= 15 is 0 Å². The van der Waals surface area contributed by atoms with Crippen LogP contribution in [0.2, 0.25) is 0 Å².